The smallest absolute Gasteiger partial charge is 0.227 e. The molecule has 10 heteroatoms. The van der Waals surface area contributed by atoms with E-state index in [2.05, 4.69) is 53.4 Å². The third-order valence-electron chi connectivity index (χ3n) is 8.04. The number of nitrogens with zero attached hydrogens (tertiary/aromatic N) is 6. The molecule has 0 spiro atoms. The number of likely N-dealkylation sites (N-methyl/N-ethyl adjacent to an activating group) is 1. The van der Waals surface area contributed by atoms with Crippen molar-refractivity contribution in [1.29, 1.82) is 0 Å². The summed E-state index contributed by atoms with van der Waals surface area (Å²) in [5.41, 5.74) is 6.12. The summed E-state index contributed by atoms with van der Waals surface area (Å²) < 4.78 is 0. The highest BCUT2D eigenvalue weighted by molar-refractivity contribution is 5.97. The van der Waals surface area contributed by atoms with E-state index in [1.165, 1.54) is 0 Å². The molecule has 0 bridgehead atoms. The average molecular weight is 522 g/mol. The fourth-order valence-corrected chi connectivity index (χ4v) is 5.76. The number of nitrogens with one attached hydrogen (secondary N) is 3. The SMILES string of the molecule is CN1CCN(c2nccc3[nH]c(-c4n[nH]c5ccc(-c6cncc(NC(=O)C7CCCC7)c6)cc45)nc23)CC1. The van der Waals surface area contributed by atoms with Crippen LogP contribution in [0.1, 0.15) is 25.7 Å². The number of benzene rings is 1. The van der Waals surface area contributed by atoms with Crippen molar-refractivity contribution in [3.63, 3.8) is 0 Å². The van der Waals surface area contributed by atoms with Crippen LogP contribution in [0.25, 0.3) is 44.6 Å². The zero-order chi connectivity index (χ0) is 26.3. The Labute approximate surface area is 225 Å². The molecule has 1 aliphatic carbocycles. The largest absolute Gasteiger partial charge is 0.352 e. The summed E-state index contributed by atoms with van der Waals surface area (Å²) in [6.45, 7) is 3.85. The molecule has 4 aromatic heterocycles. The lowest BCUT2D eigenvalue weighted by Gasteiger charge is -2.33. The highest BCUT2D eigenvalue weighted by Gasteiger charge is 2.23. The van der Waals surface area contributed by atoms with Crippen LogP contribution in [-0.2, 0) is 4.79 Å². The van der Waals surface area contributed by atoms with E-state index in [9.17, 15) is 4.79 Å². The monoisotopic (exact) mass is 521 g/mol. The Morgan fingerprint density at radius 2 is 1.85 bits per heavy atom. The number of carbonyl (C=O) groups is 1. The van der Waals surface area contributed by atoms with Crippen molar-refractivity contribution in [1.82, 2.24) is 35.0 Å². The fourth-order valence-electron chi connectivity index (χ4n) is 5.76. The highest BCUT2D eigenvalue weighted by atomic mass is 16.1. The maximum absolute atomic E-state index is 12.6. The third-order valence-corrected chi connectivity index (χ3v) is 8.04. The molecule has 198 valence electrons. The number of amides is 1. The van der Waals surface area contributed by atoms with Crippen LogP contribution in [0.4, 0.5) is 11.5 Å². The predicted octanol–water partition coefficient (Wildman–Crippen LogP) is 4.44. The number of aromatic nitrogens is 6. The van der Waals surface area contributed by atoms with Crippen molar-refractivity contribution in [3.8, 4) is 22.6 Å². The van der Waals surface area contributed by atoms with Gasteiger partial charge >= 0.3 is 0 Å². The van der Waals surface area contributed by atoms with E-state index in [0.29, 0.717) is 5.82 Å². The standard InChI is InChI=1S/C29H31N9O/c1-37-10-12-38(13-11-37)28-26-24(8-9-31-28)33-27(34-26)25-22-15-19(6-7-23(22)35-36-25)20-14-21(17-30-16-20)32-29(39)18-4-2-3-5-18/h6-9,14-18H,2-5,10-13H2,1H3,(H,32,39)(H,33,34)(H,35,36). The van der Waals surface area contributed by atoms with Gasteiger partial charge in [-0.15, -0.1) is 0 Å². The first-order chi connectivity index (χ1) is 19.1. The normalized spacial score (nSPS) is 16.9. The van der Waals surface area contributed by atoms with Crippen molar-refractivity contribution >= 4 is 39.3 Å². The van der Waals surface area contributed by atoms with Crippen LogP contribution in [0, 0.1) is 5.92 Å². The van der Waals surface area contributed by atoms with E-state index in [0.717, 1.165) is 102 Å². The minimum absolute atomic E-state index is 0.0920. The third kappa shape index (κ3) is 4.50. The first-order valence-corrected chi connectivity index (χ1v) is 13.7. The number of pyridine rings is 2. The van der Waals surface area contributed by atoms with Gasteiger partial charge in [-0.3, -0.25) is 14.9 Å². The molecule has 5 heterocycles. The van der Waals surface area contributed by atoms with Gasteiger partial charge in [0.15, 0.2) is 11.6 Å². The first-order valence-electron chi connectivity index (χ1n) is 13.7. The van der Waals surface area contributed by atoms with E-state index in [1.807, 2.05) is 36.7 Å². The molecule has 1 aromatic carbocycles. The van der Waals surface area contributed by atoms with E-state index in [4.69, 9.17) is 4.98 Å². The molecule has 2 fully saturated rings. The Bertz CT molecular complexity index is 1660. The lowest BCUT2D eigenvalue weighted by molar-refractivity contribution is -0.119. The molecule has 1 amide bonds. The predicted molar refractivity (Wildman–Crippen MR) is 153 cm³/mol. The van der Waals surface area contributed by atoms with Crippen LogP contribution in [-0.4, -0.2) is 74.2 Å². The second-order valence-electron chi connectivity index (χ2n) is 10.7. The molecule has 0 radical (unpaired) electrons. The fraction of sp³-hybridized carbons (Fsp3) is 0.345. The Morgan fingerprint density at radius 3 is 2.69 bits per heavy atom. The van der Waals surface area contributed by atoms with Crippen LogP contribution in [0.2, 0.25) is 0 Å². The Hall–Kier alpha value is -4.31. The minimum atomic E-state index is 0.0920. The highest BCUT2D eigenvalue weighted by Crippen LogP contribution is 2.33. The topological polar surface area (TPSA) is 119 Å². The Kier molecular flexibility index (Phi) is 5.96. The molecule has 7 rings (SSSR count). The van der Waals surface area contributed by atoms with Gasteiger partial charge in [0.1, 0.15) is 11.2 Å². The molecule has 39 heavy (non-hydrogen) atoms. The number of fused-ring (bicyclic) bond motifs is 2. The van der Waals surface area contributed by atoms with Crippen LogP contribution in [0.3, 0.4) is 0 Å². The number of carbonyl (C=O) groups excluding carboxylic acids is 1. The summed E-state index contributed by atoms with van der Waals surface area (Å²) in [6.07, 6.45) is 9.55. The van der Waals surface area contributed by atoms with Gasteiger partial charge in [-0.1, -0.05) is 18.9 Å². The average Bonchev–Trinajstić information content (AvgIpc) is 3.73. The lowest BCUT2D eigenvalue weighted by atomic mass is 10.0. The lowest BCUT2D eigenvalue weighted by Crippen LogP contribution is -2.44. The van der Waals surface area contributed by atoms with Crippen molar-refractivity contribution in [2.45, 2.75) is 25.7 Å². The maximum atomic E-state index is 12.6. The number of anilines is 2. The van der Waals surface area contributed by atoms with Crippen molar-refractivity contribution in [2.75, 3.05) is 43.4 Å². The number of rotatable bonds is 5. The molecular weight excluding hydrogens is 490 g/mol. The van der Waals surface area contributed by atoms with E-state index in [1.54, 1.807) is 6.20 Å². The van der Waals surface area contributed by atoms with Gasteiger partial charge in [0.2, 0.25) is 5.91 Å². The van der Waals surface area contributed by atoms with Gasteiger partial charge in [-0.05, 0) is 49.7 Å². The zero-order valence-corrected chi connectivity index (χ0v) is 21.9. The van der Waals surface area contributed by atoms with Gasteiger partial charge in [-0.25, -0.2) is 9.97 Å². The summed E-state index contributed by atoms with van der Waals surface area (Å²) in [6, 6.07) is 10.1. The first kappa shape index (κ1) is 23.8. The molecule has 1 aliphatic heterocycles. The summed E-state index contributed by atoms with van der Waals surface area (Å²) in [4.78, 5) is 34.8. The Balaban J connectivity index is 1.21. The van der Waals surface area contributed by atoms with Crippen LogP contribution >= 0.6 is 0 Å². The van der Waals surface area contributed by atoms with E-state index >= 15 is 0 Å². The van der Waals surface area contributed by atoms with Crippen LogP contribution in [0.5, 0.6) is 0 Å². The van der Waals surface area contributed by atoms with Crippen molar-refractivity contribution < 1.29 is 4.79 Å². The molecule has 1 saturated carbocycles. The molecular formula is C29H31N9O. The number of H-pyrrole nitrogens is 2. The van der Waals surface area contributed by atoms with E-state index in [-0.39, 0.29) is 11.8 Å². The van der Waals surface area contributed by atoms with Crippen molar-refractivity contribution in [3.05, 3.63) is 48.9 Å². The molecule has 5 aromatic rings. The summed E-state index contributed by atoms with van der Waals surface area (Å²) in [7, 11) is 2.15. The molecule has 1 saturated heterocycles. The number of aromatic amines is 2. The number of hydrogen-bond acceptors (Lipinski definition) is 7. The number of piperazine rings is 1. The van der Waals surface area contributed by atoms with Crippen LogP contribution in [0.15, 0.2) is 48.9 Å². The van der Waals surface area contributed by atoms with E-state index < -0.39 is 0 Å². The van der Waals surface area contributed by atoms with Crippen LogP contribution < -0.4 is 10.2 Å². The second kappa shape index (κ2) is 9.77. The second-order valence-corrected chi connectivity index (χ2v) is 10.7. The summed E-state index contributed by atoms with van der Waals surface area (Å²) >= 11 is 0. The summed E-state index contributed by atoms with van der Waals surface area (Å²) in [5.74, 6) is 1.81. The molecule has 3 N–H and O–H groups in total. The molecule has 0 unspecified atom stereocenters. The van der Waals surface area contributed by atoms with Gasteiger partial charge in [0.25, 0.3) is 0 Å². The maximum Gasteiger partial charge on any atom is 0.227 e. The van der Waals surface area contributed by atoms with Gasteiger partial charge in [0.05, 0.1) is 22.9 Å². The minimum Gasteiger partial charge on any atom is -0.352 e. The molecule has 10 nitrogen and oxygen atoms in total. The number of hydrogen-bond donors (Lipinski definition) is 3. The Morgan fingerprint density at radius 1 is 1.00 bits per heavy atom. The molecule has 0 atom stereocenters. The molecule has 2 aliphatic rings. The van der Waals surface area contributed by atoms with Crippen molar-refractivity contribution in [2.24, 2.45) is 5.92 Å². The van der Waals surface area contributed by atoms with Gasteiger partial charge < -0.3 is 20.1 Å². The zero-order valence-electron chi connectivity index (χ0n) is 21.9. The quantitative estimate of drug-likeness (QED) is 0.313. The van der Waals surface area contributed by atoms with Gasteiger partial charge in [-0.2, -0.15) is 5.10 Å². The summed E-state index contributed by atoms with van der Waals surface area (Å²) in [5, 5.41) is 11.8. The van der Waals surface area contributed by atoms with Gasteiger partial charge in [0, 0.05) is 55.4 Å². The number of imidazole rings is 1.